The quantitative estimate of drug-likeness (QED) is 0.657. The SMILES string of the molecule is CC(C)[C@H](NC(=O)OC(C)(C)C)C(=O)N[C@@H](Cc1ccccc1)C(=O)OC(C)(C)C. The zero-order valence-corrected chi connectivity index (χ0v) is 19.4. The van der Waals surface area contributed by atoms with Crippen LogP contribution >= 0.6 is 0 Å². The van der Waals surface area contributed by atoms with E-state index in [0.717, 1.165) is 5.56 Å². The smallest absolute Gasteiger partial charge is 0.408 e. The summed E-state index contributed by atoms with van der Waals surface area (Å²) >= 11 is 0. The van der Waals surface area contributed by atoms with Gasteiger partial charge in [0, 0.05) is 6.42 Å². The van der Waals surface area contributed by atoms with Gasteiger partial charge in [-0.1, -0.05) is 44.2 Å². The van der Waals surface area contributed by atoms with Gasteiger partial charge in [0.05, 0.1) is 0 Å². The van der Waals surface area contributed by atoms with E-state index in [9.17, 15) is 14.4 Å². The highest BCUT2D eigenvalue weighted by molar-refractivity contribution is 5.90. The predicted octanol–water partition coefficient (Wildman–Crippen LogP) is 3.60. The number of hydrogen-bond donors (Lipinski definition) is 2. The largest absolute Gasteiger partial charge is 0.458 e. The third kappa shape index (κ3) is 9.76. The van der Waals surface area contributed by atoms with E-state index < -0.39 is 41.3 Å². The van der Waals surface area contributed by atoms with Gasteiger partial charge in [0.2, 0.25) is 5.91 Å². The number of hydrogen-bond acceptors (Lipinski definition) is 5. The highest BCUT2D eigenvalue weighted by Crippen LogP contribution is 2.13. The molecule has 0 aliphatic heterocycles. The number of carbonyl (C=O) groups is 3. The molecular weight excluding hydrogens is 384 g/mol. The van der Waals surface area contributed by atoms with Crippen molar-refractivity contribution in [3.05, 3.63) is 35.9 Å². The van der Waals surface area contributed by atoms with Crippen LogP contribution in [0.2, 0.25) is 0 Å². The molecule has 30 heavy (non-hydrogen) atoms. The van der Waals surface area contributed by atoms with Gasteiger partial charge < -0.3 is 20.1 Å². The van der Waals surface area contributed by atoms with Gasteiger partial charge in [-0.3, -0.25) is 4.79 Å². The van der Waals surface area contributed by atoms with Gasteiger partial charge in [0.15, 0.2) is 0 Å². The Morgan fingerprint density at radius 3 is 1.87 bits per heavy atom. The summed E-state index contributed by atoms with van der Waals surface area (Å²) in [6, 6.07) is 7.62. The Hall–Kier alpha value is -2.57. The van der Waals surface area contributed by atoms with Gasteiger partial charge in [-0.25, -0.2) is 9.59 Å². The summed E-state index contributed by atoms with van der Waals surface area (Å²) < 4.78 is 10.8. The summed E-state index contributed by atoms with van der Waals surface area (Å²) in [5, 5.41) is 5.36. The van der Waals surface area contributed by atoms with Crippen LogP contribution in [-0.2, 0) is 25.5 Å². The van der Waals surface area contributed by atoms with Crippen LogP contribution in [0.3, 0.4) is 0 Å². The minimum absolute atomic E-state index is 0.214. The minimum Gasteiger partial charge on any atom is -0.458 e. The predicted molar refractivity (Wildman–Crippen MR) is 116 cm³/mol. The Balaban J connectivity index is 2.98. The second-order valence-corrected chi connectivity index (χ2v) is 9.65. The number of alkyl carbamates (subject to hydrolysis) is 1. The van der Waals surface area contributed by atoms with E-state index in [1.807, 2.05) is 30.3 Å². The van der Waals surface area contributed by atoms with E-state index >= 15 is 0 Å². The monoisotopic (exact) mass is 420 g/mol. The number of nitrogens with one attached hydrogen (secondary N) is 2. The molecule has 1 aromatic carbocycles. The Morgan fingerprint density at radius 1 is 0.867 bits per heavy atom. The molecule has 0 saturated carbocycles. The minimum atomic E-state index is -0.888. The topological polar surface area (TPSA) is 93.7 Å². The summed E-state index contributed by atoms with van der Waals surface area (Å²) in [5.41, 5.74) is -0.493. The van der Waals surface area contributed by atoms with Crippen molar-refractivity contribution < 1.29 is 23.9 Å². The highest BCUT2D eigenvalue weighted by Gasteiger charge is 2.32. The van der Waals surface area contributed by atoms with Crippen LogP contribution < -0.4 is 10.6 Å². The number of benzene rings is 1. The van der Waals surface area contributed by atoms with Crippen LogP contribution in [-0.4, -0.2) is 41.3 Å². The lowest BCUT2D eigenvalue weighted by molar-refractivity contribution is -0.158. The van der Waals surface area contributed by atoms with E-state index in [-0.39, 0.29) is 12.3 Å². The van der Waals surface area contributed by atoms with Crippen molar-refractivity contribution in [3.63, 3.8) is 0 Å². The maximum Gasteiger partial charge on any atom is 0.408 e. The van der Waals surface area contributed by atoms with Gasteiger partial charge in [-0.05, 0) is 53.0 Å². The van der Waals surface area contributed by atoms with Gasteiger partial charge >= 0.3 is 12.1 Å². The number of amides is 2. The van der Waals surface area contributed by atoms with Crippen molar-refractivity contribution in [1.29, 1.82) is 0 Å². The van der Waals surface area contributed by atoms with Crippen molar-refractivity contribution in [2.45, 2.75) is 85.1 Å². The highest BCUT2D eigenvalue weighted by atomic mass is 16.6. The van der Waals surface area contributed by atoms with Crippen LogP contribution in [0.1, 0.15) is 61.0 Å². The molecule has 2 amide bonds. The molecule has 0 aromatic heterocycles. The molecule has 0 fully saturated rings. The average Bonchev–Trinajstić information content (AvgIpc) is 2.56. The second-order valence-electron chi connectivity index (χ2n) is 9.65. The zero-order valence-electron chi connectivity index (χ0n) is 19.4. The standard InChI is InChI=1S/C23H36N2O5/c1-15(2)18(25-21(28)30-23(6,7)8)19(26)24-17(20(27)29-22(3,4)5)14-16-12-10-9-11-13-16/h9-13,15,17-18H,14H2,1-8H3,(H,24,26)(H,25,28)/t17-,18-/m0/s1. The molecule has 0 aliphatic carbocycles. The molecule has 1 rings (SSSR count). The van der Waals surface area contributed by atoms with Crippen LogP contribution in [0, 0.1) is 5.92 Å². The van der Waals surface area contributed by atoms with Crippen LogP contribution in [0.5, 0.6) is 0 Å². The first-order valence-corrected chi connectivity index (χ1v) is 10.2. The molecule has 7 nitrogen and oxygen atoms in total. The fourth-order valence-electron chi connectivity index (χ4n) is 2.65. The number of rotatable bonds is 7. The van der Waals surface area contributed by atoms with Crippen molar-refractivity contribution in [3.8, 4) is 0 Å². The number of carbonyl (C=O) groups excluding carboxylic acids is 3. The normalized spacial score (nSPS) is 13.9. The van der Waals surface area contributed by atoms with Crippen molar-refractivity contribution >= 4 is 18.0 Å². The molecule has 0 spiro atoms. The first-order chi connectivity index (χ1) is 13.7. The summed E-state index contributed by atoms with van der Waals surface area (Å²) in [6.45, 7) is 14.2. The average molecular weight is 421 g/mol. The molecule has 0 aliphatic rings. The summed E-state index contributed by atoms with van der Waals surface area (Å²) in [4.78, 5) is 37.9. The lowest BCUT2D eigenvalue weighted by Crippen LogP contribution is -2.55. The van der Waals surface area contributed by atoms with E-state index in [1.165, 1.54) is 0 Å². The van der Waals surface area contributed by atoms with Gasteiger partial charge in [0.25, 0.3) is 0 Å². The molecular formula is C23H36N2O5. The Morgan fingerprint density at radius 2 is 1.40 bits per heavy atom. The van der Waals surface area contributed by atoms with E-state index in [4.69, 9.17) is 9.47 Å². The maximum absolute atomic E-state index is 13.0. The van der Waals surface area contributed by atoms with E-state index in [0.29, 0.717) is 0 Å². The van der Waals surface area contributed by atoms with Crippen LogP contribution in [0.4, 0.5) is 4.79 Å². The Bertz CT molecular complexity index is 717. The van der Waals surface area contributed by atoms with Gasteiger partial charge in [-0.15, -0.1) is 0 Å². The second kappa shape index (κ2) is 10.5. The number of ether oxygens (including phenoxy) is 2. The fraction of sp³-hybridized carbons (Fsp3) is 0.609. The van der Waals surface area contributed by atoms with Gasteiger partial charge in [-0.2, -0.15) is 0 Å². The molecule has 168 valence electrons. The number of esters is 1. The Labute approximate surface area is 179 Å². The van der Waals surface area contributed by atoms with Crippen LogP contribution in [0.15, 0.2) is 30.3 Å². The molecule has 2 atom stereocenters. The van der Waals surface area contributed by atoms with Crippen LogP contribution in [0.25, 0.3) is 0 Å². The molecule has 1 aromatic rings. The van der Waals surface area contributed by atoms with E-state index in [1.54, 1.807) is 55.4 Å². The first kappa shape index (κ1) is 25.5. The fourth-order valence-corrected chi connectivity index (χ4v) is 2.65. The zero-order chi connectivity index (χ0) is 23.1. The molecule has 2 N–H and O–H groups in total. The Kier molecular flexibility index (Phi) is 8.88. The third-order valence-electron chi connectivity index (χ3n) is 3.91. The lowest BCUT2D eigenvalue weighted by Gasteiger charge is -2.28. The molecule has 0 saturated heterocycles. The lowest BCUT2D eigenvalue weighted by atomic mass is 10.0. The van der Waals surface area contributed by atoms with Crippen molar-refractivity contribution in [2.75, 3.05) is 0 Å². The summed E-state index contributed by atoms with van der Waals surface area (Å²) in [6.07, 6.45) is -0.410. The molecule has 7 heteroatoms. The summed E-state index contributed by atoms with van der Waals surface area (Å²) in [5.74, 6) is -1.21. The molecule has 0 unspecified atom stereocenters. The van der Waals surface area contributed by atoms with Gasteiger partial charge in [0.1, 0.15) is 23.3 Å². The van der Waals surface area contributed by atoms with Crippen molar-refractivity contribution in [1.82, 2.24) is 10.6 Å². The van der Waals surface area contributed by atoms with Crippen molar-refractivity contribution in [2.24, 2.45) is 5.92 Å². The molecule has 0 bridgehead atoms. The third-order valence-corrected chi connectivity index (χ3v) is 3.91. The molecule has 0 radical (unpaired) electrons. The maximum atomic E-state index is 13.0. The summed E-state index contributed by atoms with van der Waals surface area (Å²) in [7, 11) is 0. The van der Waals surface area contributed by atoms with E-state index in [2.05, 4.69) is 10.6 Å². The first-order valence-electron chi connectivity index (χ1n) is 10.2. The molecule has 0 heterocycles.